The maximum Gasteiger partial charge on any atom is 0.0762 e. The topological polar surface area (TPSA) is 55.9 Å². The molecule has 1 heterocycles. The van der Waals surface area contributed by atoms with Crippen LogP contribution in [-0.2, 0) is 6.54 Å². The molecule has 1 unspecified atom stereocenters. The highest BCUT2D eigenvalue weighted by atomic mass is 15.3. The number of rotatable bonds is 6. The molecule has 1 aromatic heterocycles. The molecule has 0 saturated carbocycles. The van der Waals surface area contributed by atoms with Crippen LogP contribution in [0.4, 0.5) is 0 Å². The van der Waals surface area contributed by atoms with Gasteiger partial charge in [0.2, 0.25) is 0 Å². The van der Waals surface area contributed by atoms with E-state index in [1.165, 1.54) is 0 Å². The predicted molar refractivity (Wildman–Crippen MR) is 58.0 cm³/mol. The Morgan fingerprint density at radius 1 is 1.64 bits per heavy atom. The van der Waals surface area contributed by atoms with Crippen molar-refractivity contribution in [2.45, 2.75) is 32.9 Å². The lowest BCUT2D eigenvalue weighted by Crippen LogP contribution is -2.22. The number of aromatic nitrogens is 2. The van der Waals surface area contributed by atoms with Crippen LogP contribution in [0.15, 0.2) is 12.3 Å². The molecule has 0 aromatic carbocycles. The minimum absolute atomic E-state index is 0.484. The van der Waals surface area contributed by atoms with Crippen molar-refractivity contribution >= 4 is 0 Å². The summed E-state index contributed by atoms with van der Waals surface area (Å²) < 4.78 is 2.01. The number of nitrogens with zero attached hydrogens (tertiary/aromatic N) is 2. The molecule has 4 nitrogen and oxygen atoms in total. The zero-order valence-corrected chi connectivity index (χ0v) is 9.03. The van der Waals surface area contributed by atoms with Crippen LogP contribution < -0.4 is 11.1 Å². The van der Waals surface area contributed by atoms with E-state index in [2.05, 4.69) is 30.3 Å². The fourth-order valence-corrected chi connectivity index (χ4v) is 1.22. The van der Waals surface area contributed by atoms with Gasteiger partial charge in [-0.1, -0.05) is 6.92 Å². The molecular weight excluding hydrogens is 176 g/mol. The van der Waals surface area contributed by atoms with E-state index < -0.39 is 0 Å². The van der Waals surface area contributed by atoms with Gasteiger partial charge < -0.3 is 11.1 Å². The lowest BCUT2D eigenvalue weighted by atomic mass is 10.3. The molecule has 0 aliphatic heterocycles. The van der Waals surface area contributed by atoms with Gasteiger partial charge in [0.15, 0.2) is 0 Å². The summed E-state index contributed by atoms with van der Waals surface area (Å²) in [6.45, 7) is 6.66. The Balaban J connectivity index is 2.42. The highest BCUT2D eigenvalue weighted by Gasteiger charge is 2.03. The van der Waals surface area contributed by atoms with Crippen molar-refractivity contribution in [3.05, 3.63) is 18.0 Å². The van der Waals surface area contributed by atoms with E-state index in [9.17, 15) is 0 Å². The first-order valence-electron chi connectivity index (χ1n) is 5.22. The molecule has 1 atom stereocenters. The summed E-state index contributed by atoms with van der Waals surface area (Å²) in [5, 5.41) is 7.69. The van der Waals surface area contributed by atoms with Gasteiger partial charge in [0.1, 0.15) is 0 Å². The molecule has 0 bridgehead atoms. The lowest BCUT2D eigenvalue weighted by Gasteiger charge is -2.08. The normalized spacial score (nSPS) is 13.1. The fourth-order valence-electron chi connectivity index (χ4n) is 1.22. The van der Waals surface area contributed by atoms with Crippen LogP contribution in [0, 0.1) is 0 Å². The summed E-state index contributed by atoms with van der Waals surface area (Å²) in [4.78, 5) is 0. The molecule has 0 spiro atoms. The minimum atomic E-state index is 0.484. The summed E-state index contributed by atoms with van der Waals surface area (Å²) in [6.07, 6.45) is 3.14. The number of hydrogen-bond acceptors (Lipinski definition) is 3. The molecule has 0 radical (unpaired) electrons. The smallest absolute Gasteiger partial charge is 0.0762 e. The average molecular weight is 196 g/mol. The Hall–Kier alpha value is -0.870. The molecule has 0 saturated heterocycles. The van der Waals surface area contributed by atoms with Gasteiger partial charge in [0, 0.05) is 31.9 Å². The lowest BCUT2D eigenvalue weighted by molar-refractivity contribution is 0.471. The first-order chi connectivity index (χ1) is 6.77. The second-order valence-corrected chi connectivity index (χ2v) is 3.51. The van der Waals surface area contributed by atoms with Gasteiger partial charge in [-0.15, -0.1) is 0 Å². The molecule has 0 amide bonds. The number of hydrogen-bond donors (Lipinski definition) is 2. The molecular formula is C10H20N4. The van der Waals surface area contributed by atoms with Gasteiger partial charge in [-0.25, -0.2) is 0 Å². The first kappa shape index (κ1) is 11.2. The summed E-state index contributed by atoms with van der Waals surface area (Å²) in [7, 11) is 0. The largest absolute Gasteiger partial charge is 0.329 e. The first-order valence-corrected chi connectivity index (χ1v) is 5.22. The quantitative estimate of drug-likeness (QED) is 0.665. The van der Waals surface area contributed by atoms with Crippen molar-refractivity contribution in [3.8, 4) is 0 Å². The van der Waals surface area contributed by atoms with E-state index in [0.717, 1.165) is 25.2 Å². The van der Waals surface area contributed by atoms with Crippen LogP contribution in [-0.4, -0.2) is 22.9 Å². The maximum absolute atomic E-state index is 5.38. The van der Waals surface area contributed by atoms with Crippen LogP contribution in [0.25, 0.3) is 0 Å². The van der Waals surface area contributed by atoms with Gasteiger partial charge >= 0.3 is 0 Å². The molecule has 1 aromatic rings. The molecule has 0 aliphatic rings. The average Bonchev–Trinajstić information content (AvgIpc) is 2.66. The molecule has 0 aliphatic carbocycles. The third-order valence-corrected chi connectivity index (χ3v) is 2.33. The molecule has 14 heavy (non-hydrogen) atoms. The zero-order valence-electron chi connectivity index (χ0n) is 9.03. The van der Waals surface area contributed by atoms with Crippen LogP contribution in [0.1, 0.15) is 32.0 Å². The Morgan fingerprint density at radius 3 is 3.07 bits per heavy atom. The Labute approximate surface area is 85.5 Å². The van der Waals surface area contributed by atoms with Crippen LogP contribution in [0.5, 0.6) is 0 Å². The van der Waals surface area contributed by atoms with E-state index in [-0.39, 0.29) is 0 Å². The van der Waals surface area contributed by atoms with Crippen LogP contribution in [0.2, 0.25) is 0 Å². The monoisotopic (exact) mass is 196 g/mol. The van der Waals surface area contributed by atoms with Crippen molar-refractivity contribution in [1.29, 1.82) is 0 Å². The Bertz CT molecular complexity index is 256. The second-order valence-electron chi connectivity index (χ2n) is 3.51. The highest BCUT2D eigenvalue weighted by Crippen LogP contribution is 2.08. The van der Waals surface area contributed by atoms with Crippen LogP contribution >= 0.6 is 0 Å². The summed E-state index contributed by atoms with van der Waals surface area (Å²) in [5.74, 6) is 0. The standard InChI is InChI=1S/C10H20N4/c1-3-9(2)14-7-4-10(13-14)8-12-6-5-11/h4,7,9,12H,3,5-6,8,11H2,1-2H3. The second kappa shape index (κ2) is 5.78. The molecule has 80 valence electrons. The summed E-state index contributed by atoms with van der Waals surface area (Å²) in [5.41, 5.74) is 6.46. The van der Waals surface area contributed by atoms with Gasteiger partial charge in [-0.3, -0.25) is 4.68 Å². The Morgan fingerprint density at radius 2 is 2.43 bits per heavy atom. The van der Waals surface area contributed by atoms with Crippen molar-refractivity contribution in [2.75, 3.05) is 13.1 Å². The fraction of sp³-hybridized carbons (Fsp3) is 0.700. The van der Waals surface area contributed by atoms with E-state index in [1.54, 1.807) is 0 Å². The SMILES string of the molecule is CCC(C)n1ccc(CNCCN)n1. The van der Waals surface area contributed by atoms with Gasteiger partial charge in [-0.05, 0) is 19.4 Å². The van der Waals surface area contributed by atoms with Gasteiger partial charge in [0.05, 0.1) is 5.69 Å². The predicted octanol–water partition coefficient (Wildman–Crippen LogP) is 0.902. The summed E-state index contributed by atoms with van der Waals surface area (Å²) >= 11 is 0. The van der Waals surface area contributed by atoms with E-state index in [4.69, 9.17) is 5.73 Å². The van der Waals surface area contributed by atoms with Gasteiger partial charge in [0.25, 0.3) is 0 Å². The van der Waals surface area contributed by atoms with Crippen molar-refractivity contribution in [3.63, 3.8) is 0 Å². The van der Waals surface area contributed by atoms with Crippen molar-refractivity contribution < 1.29 is 0 Å². The highest BCUT2D eigenvalue weighted by molar-refractivity contribution is 4.99. The number of nitrogens with one attached hydrogen (secondary N) is 1. The van der Waals surface area contributed by atoms with E-state index in [0.29, 0.717) is 12.6 Å². The van der Waals surface area contributed by atoms with Crippen LogP contribution in [0.3, 0.4) is 0 Å². The maximum atomic E-state index is 5.38. The van der Waals surface area contributed by atoms with Crippen molar-refractivity contribution in [2.24, 2.45) is 5.73 Å². The molecule has 4 heteroatoms. The zero-order chi connectivity index (χ0) is 10.4. The summed E-state index contributed by atoms with van der Waals surface area (Å²) in [6, 6.07) is 2.54. The number of nitrogens with two attached hydrogens (primary N) is 1. The third kappa shape index (κ3) is 3.12. The van der Waals surface area contributed by atoms with Gasteiger partial charge in [-0.2, -0.15) is 5.10 Å². The van der Waals surface area contributed by atoms with Crippen molar-refractivity contribution in [1.82, 2.24) is 15.1 Å². The van der Waals surface area contributed by atoms with E-state index >= 15 is 0 Å². The minimum Gasteiger partial charge on any atom is -0.329 e. The van der Waals surface area contributed by atoms with E-state index in [1.807, 2.05) is 10.9 Å². The molecule has 1 rings (SSSR count). The molecule has 3 N–H and O–H groups in total. The third-order valence-electron chi connectivity index (χ3n) is 2.33. The Kier molecular flexibility index (Phi) is 4.62. The molecule has 0 fully saturated rings.